The van der Waals surface area contributed by atoms with Crippen LogP contribution in [0.25, 0.3) is 0 Å². The maximum Gasteiger partial charge on any atom is 0.338 e. The third-order valence-corrected chi connectivity index (χ3v) is 2.30. The topological polar surface area (TPSA) is 103 Å². The molecule has 2 rings (SSSR count). The van der Waals surface area contributed by atoms with Crippen molar-refractivity contribution in [1.29, 1.82) is 0 Å². The Labute approximate surface area is 103 Å². The van der Waals surface area contributed by atoms with E-state index in [4.69, 9.17) is 15.6 Å². The van der Waals surface area contributed by atoms with Gasteiger partial charge < -0.3 is 15.6 Å². The van der Waals surface area contributed by atoms with Gasteiger partial charge in [0.1, 0.15) is 0 Å². The zero-order valence-corrected chi connectivity index (χ0v) is 9.70. The lowest BCUT2D eigenvalue weighted by atomic mass is 10.2. The number of anilines is 1. The van der Waals surface area contributed by atoms with Crippen molar-refractivity contribution in [1.82, 2.24) is 14.8 Å². The summed E-state index contributed by atoms with van der Waals surface area (Å²) in [4.78, 5) is 14.8. The predicted octanol–water partition coefficient (Wildman–Crippen LogP) is 1.37. The fourth-order valence-electron chi connectivity index (χ4n) is 1.38. The second-order valence-corrected chi connectivity index (χ2v) is 3.55. The minimum Gasteiger partial charge on any atom is -0.478 e. The Bertz CT molecular complexity index is 579. The number of hydrogen-bond acceptors (Lipinski definition) is 5. The minimum atomic E-state index is -1.12. The normalized spacial score (nSPS) is 10.3. The van der Waals surface area contributed by atoms with Gasteiger partial charge in [-0.25, -0.2) is 9.78 Å². The fraction of sp³-hybridized carbons (Fsp3) is 0.182. The number of nitrogens with zero attached hydrogens (tertiary/aromatic N) is 3. The Morgan fingerprint density at radius 1 is 1.56 bits per heavy atom. The standard InChI is InChI=1S/C11H12N4O3/c1-2-15-6-7(4-14-15)18-10-3-8(11(16)17)9(12)5-13-10/h3-6H,2,12H2,1H3,(H,16,17). The molecule has 0 spiro atoms. The van der Waals surface area contributed by atoms with E-state index < -0.39 is 5.97 Å². The number of nitrogens with two attached hydrogens (primary N) is 1. The molecule has 2 aromatic rings. The van der Waals surface area contributed by atoms with Crippen molar-refractivity contribution in [2.45, 2.75) is 13.5 Å². The van der Waals surface area contributed by atoms with E-state index in [1.165, 1.54) is 18.5 Å². The van der Waals surface area contributed by atoms with Gasteiger partial charge in [-0.2, -0.15) is 5.10 Å². The zero-order valence-electron chi connectivity index (χ0n) is 9.70. The molecule has 0 unspecified atom stereocenters. The first-order valence-electron chi connectivity index (χ1n) is 5.29. The summed E-state index contributed by atoms with van der Waals surface area (Å²) in [7, 11) is 0. The second kappa shape index (κ2) is 4.74. The van der Waals surface area contributed by atoms with Crippen molar-refractivity contribution >= 4 is 11.7 Å². The third-order valence-electron chi connectivity index (χ3n) is 2.30. The van der Waals surface area contributed by atoms with Crippen molar-refractivity contribution in [2.24, 2.45) is 0 Å². The summed E-state index contributed by atoms with van der Waals surface area (Å²) in [5.41, 5.74) is 5.55. The SMILES string of the molecule is CCn1cc(Oc2cc(C(=O)O)c(N)cn2)cn1. The number of carbonyl (C=O) groups is 1. The van der Waals surface area contributed by atoms with E-state index in [0.29, 0.717) is 5.75 Å². The van der Waals surface area contributed by atoms with Crippen molar-refractivity contribution in [3.63, 3.8) is 0 Å². The van der Waals surface area contributed by atoms with Gasteiger partial charge in [-0.05, 0) is 6.92 Å². The molecule has 94 valence electrons. The Kier molecular flexibility index (Phi) is 3.13. The van der Waals surface area contributed by atoms with Gasteiger partial charge in [0, 0.05) is 12.6 Å². The van der Waals surface area contributed by atoms with Crippen molar-refractivity contribution in [2.75, 3.05) is 5.73 Å². The Balaban J connectivity index is 2.24. The van der Waals surface area contributed by atoms with Gasteiger partial charge >= 0.3 is 5.97 Å². The number of aromatic nitrogens is 3. The molecule has 18 heavy (non-hydrogen) atoms. The monoisotopic (exact) mass is 248 g/mol. The summed E-state index contributed by atoms with van der Waals surface area (Å²) >= 11 is 0. The summed E-state index contributed by atoms with van der Waals surface area (Å²) in [6.07, 6.45) is 4.48. The first-order chi connectivity index (χ1) is 8.60. The third kappa shape index (κ3) is 2.40. The largest absolute Gasteiger partial charge is 0.478 e. The van der Waals surface area contributed by atoms with Crippen LogP contribution in [-0.4, -0.2) is 25.8 Å². The molecular weight excluding hydrogens is 236 g/mol. The van der Waals surface area contributed by atoms with Crippen molar-refractivity contribution < 1.29 is 14.6 Å². The molecule has 0 atom stereocenters. The van der Waals surface area contributed by atoms with Crippen LogP contribution in [0.15, 0.2) is 24.7 Å². The van der Waals surface area contributed by atoms with E-state index in [1.54, 1.807) is 10.9 Å². The summed E-state index contributed by atoms with van der Waals surface area (Å²) in [5, 5.41) is 12.9. The summed E-state index contributed by atoms with van der Waals surface area (Å²) in [5.74, 6) is -0.466. The van der Waals surface area contributed by atoms with Crippen molar-refractivity contribution in [3.8, 4) is 11.6 Å². The quantitative estimate of drug-likeness (QED) is 0.846. The molecule has 0 fully saturated rings. The predicted molar refractivity (Wildman–Crippen MR) is 63.6 cm³/mol. The molecule has 0 aromatic carbocycles. The Morgan fingerprint density at radius 2 is 2.33 bits per heavy atom. The number of ether oxygens (including phenoxy) is 1. The van der Waals surface area contributed by atoms with Crippen LogP contribution in [0.3, 0.4) is 0 Å². The van der Waals surface area contributed by atoms with Crippen molar-refractivity contribution in [3.05, 3.63) is 30.2 Å². The van der Waals surface area contributed by atoms with Gasteiger partial charge in [-0.3, -0.25) is 4.68 Å². The lowest BCUT2D eigenvalue weighted by molar-refractivity contribution is 0.0697. The molecule has 2 heterocycles. The highest BCUT2D eigenvalue weighted by molar-refractivity contribution is 5.93. The molecule has 0 amide bonds. The average molecular weight is 248 g/mol. The van der Waals surface area contributed by atoms with Crippen LogP contribution in [0.5, 0.6) is 11.6 Å². The van der Waals surface area contributed by atoms with Gasteiger partial charge in [-0.1, -0.05) is 0 Å². The fourth-order valence-corrected chi connectivity index (χ4v) is 1.38. The molecular formula is C11H12N4O3. The van der Waals surface area contributed by atoms with Crippen LogP contribution in [0, 0.1) is 0 Å². The molecule has 0 aliphatic carbocycles. The molecule has 0 aliphatic rings. The minimum absolute atomic E-state index is 0.0390. The highest BCUT2D eigenvalue weighted by Gasteiger charge is 2.11. The number of aryl methyl sites for hydroxylation is 1. The number of carboxylic acids is 1. The van der Waals surface area contributed by atoms with Gasteiger partial charge in [0.25, 0.3) is 0 Å². The van der Waals surface area contributed by atoms with Gasteiger partial charge in [0.05, 0.1) is 29.8 Å². The van der Waals surface area contributed by atoms with Crippen LogP contribution in [0.4, 0.5) is 5.69 Å². The number of aromatic carboxylic acids is 1. The molecule has 0 aliphatic heterocycles. The van der Waals surface area contributed by atoms with E-state index in [9.17, 15) is 4.79 Å². The molecule has 0 radical (unpaired) electrons. The van der Waals surface area contributed by atoms with Crippen LogP contribution < -0.4 is 10.5 Å². The van der Waals surface area contributed by atoms with E-state index in [1.807, 2.05) is 6.92 Å². The molecule has 0 saturated carbocycles. The maximum atomic E-state index is 10.9. The maximum absolute atomic E-state index is 10.9. The van der Waals surface area contributed by atoms with E-state index >= 15 is 0 Å². The average Bonchev–Trinajstić information content (AvgIpc) is 2.79. The molecule has 7 nitrogen and oxygen atoms in total. The summed E-state index contributed by atoms with van der Waals surface area (Å²) < 4.78 is 7.08. The number of rotatable bonds is 4. The zero-order chi connectivity index (χ0) is 13.1. The molecule has 3 N–H and O–H groups in total. The lowest BCUT2D eigenvalue weighted by Crippen LogP contribution is -2.03. The molecule has 0 bridgehead atoms. The number of pyridine rings is 1. The molecule has 0 saturated heterocycles. The van der Waals surface area contributed by atoms with Gasteiger partial charge in [0.15, 0.2) is 5.75 Å². The van der Waals surface area contributed by atoms with E-state index in [0.717, 1.165) is 6.54 Å². The second-order valence-electron chi connectivity index (χ2n) is 3.55. The van der Waals surface area contributed by atoms with E-state index in [-0.39, 0.29) is 17.1 Å². The highest BCUT2D eigenvalue weighted by atomic mass is 16.5. The lowest BCUT2D eigenvalue weighted by Gasteiger charge is -2.04. The number of carboxylic acid groups (broad SMARTS) is 1. The van der Waals surface area contributed by atoms with Gasteiger partial charge in [-0.15, -0.1) is 0 Å². The first-order valence-corrected chi connectivity index (χ1v) is 5.29. The van der Waals surface area contributed by atoms with Crippen LogP contribution in [0.1, 0.15) is 17.3 Å². The number of nitrogen functional groups attached to an aromatic ring is 1. The summed E-state index contributed by atoms with van der Waals surface area (Å²) in [6.45, 7) is 2.67. The van der Waals surface area contributed by atoms with Crippen LogP contribution >= 0.6 is 0 Å². The number of hydrogen-bond donors (Lipinski definition) is 2. The summed E-state index contributed by atoms with van der Waals surface area (Å²) in [6, 6.07) is 1.28. The smallest absolute Gasteiger partial charge is 0.338 e. The van der Waals surface area contributed by atoms with Gasteiger partial charge in [0.2, 0.25) is 5.88 Å². The van der Waals surface area contributed by atoms with Crippen LogP contribution in [0.2, 0.25) is 0 Å². The molecule has 7 heteroatoms. The first kappa shape index (κ1) is 11.9. The Hall–Kier alpha value is -2.57. The molecule has 2 aromatic heterocycles. The Morgan fingerprint density at radius 3 is 2.94 bits per heavy atom. The highest BCUT2D eigenvalue weighted by Crippen LogP contribution is 2.22. The van der Waals surface area contributed by atoms with E-state index in [2.05, 4.69) is 10.1 Å². The van der Waals surface area contributed by atoms with Crippen LogP contribution in [-0.2, 0) is 6.54 Å².